The fourth-order valence-corrected chi connectivity index (χ4v) is 1.85. The van der Waals surface area contributed by atoms with Crippen LogP contribution in [0.15, 0.2) is 0 Å². The third-order valence-electron chi connectivity index (χ3n) is 1.70. The highest BCUT2D eigenvalue weighted by atomic mass is 32.1. The number of aryl methyl sites for hydroxylation is 1. The zero-order valence-corrected chi connectivity index (χ0v) is 9.28. The van der Waals surface area contributed by atoms with Gasteiger partial charge in [-0.15, -0.1) is 11.3 Å². The molecular formula is C8H7F3N2O3S. The van der Waals surface area contributed by atoms with Gasteiger partial charge in [-0.2, -0.15) is 13.2 Å². The zero-order chi connectivity index (χ0) is 13.2. The van der Waals surface area contributed by atoms with E-state index in [-0.39, 0.29) is 10.7 Å². The van der Waals surface area contributed by atoms with Crippen molar-refractivity contribution in [2.45, 2.75) is 19.6 Å². The molecule has 0 spiro atoms. The van der Waals surface area contributed by atoms with Crippen molar-refractivity contribution in [2.75, 3.05) is 0 Å². The minimum atomic E-state index is -4.96. The average molecular weight is 268 g/mol. The van der Waals surface area contributed by atoms with Gasteiger partial charge in [-0.25, -0.2) is 9.78 Å². The largest absolute Gasteiger partial charge is 0.476 e. The van der Waals surface area contributed by atoms with Crippen LogP contribution in [0.4, 0.5) is 13.2 Å². The summed E-state index contributed by atoms with van der Waals surface area (Å²) in [5.74, 6) is -3.34. The van der Waals surface area contributed by atoms with Gasteiger partial charge in [-0.05, 0) is 6.92 Å². The van der Waals surface area contributed by atoms with Gasteiger partial charge in [0.05, 0.1) is 6.54 Å². The lowest BCUT2D eigenvalue weighted by molar-refractivity contribution is -0.173. The van der Waals surface area contributed by atoms with E-state index in [1.165, 1.54) is 6.92 Å². The smallest absolute Gasteiger partial charge is 0.471 e. The van der Waals surface area contributed by atoms with Gasteiger partial charge in [0.1, 0.15) is 5.01 Å². The van der Waals surface area contributed by atoms with E-state index in [1.54, 1.807) is 5.32 Å². The number of nitrogens with one attached hydrogen (secondary N) is 1. The highest BCUT2D eigenvalue weighted by Gasteiger charge is 2.38. The van der Waals surface area contributed by atoms with Crippen LogP contribution in [-0.4, -0.2) is 28.1 Å². The number of nitrogens with zero attached hydrogens (tertiary/aromatic N) is 1. The molecule has 0 saturated heterocycles. The van der Waals surface area contributed by atoms with Crippen LogP contribution in [0.1, 0.15) is 20.4 Å². The summed E-state index contributed by atoms with van der Waals surface area (Å²) in [5, 5.41) is 10.4. The molecule has 0 aliphatic rings. The lowest BCUT2D eigenvalue weighted by Crippen LogP contribution is -2.36. The Kier molecular flexibility index (Phi) is 3.71. The van der Waals surface area contributed by atoms with Crippen molar-refractivity contribution in [1.82, 2.24) is 10.3 Å². The van der Waals surface area contributed by atoms with Crippen molar-refractivity contribution >= 4 is 23.2 Å². The number of amides is 1. The van der Waals surface area contributed by atoms with Crippen molar-refractivity contribution < 1.29 is 27.9 Å². The average Bonchev–Trinajstić information content (AvgIpc) is 2.54. The first-order chi connectivity index (χ1) is 7.71. The zero-order valence-electron chi connectivity index (χ0n) is 8.46. The minimum Gasteiger partial charge on any atom is -0.476 e. The highest BCUT2D eigenvalue weighted by molar-refractivity contribution is 7.11. The Labute approximate surface area is 97.3 Å². The van der Waals surface area contributed by atoms with E-state index in [4.69, 9.17) is 5.11 Å². The Morgan fingerprint density at radius 3 is 2.47 bits per heavy atom. The molecule has 0 radical (unpaired) electrons. The molecular weight excluding hydrogens is 261 g/mol. The van der Waals surface area contributed by atoms with Crippen molar-refractivity contribution in [3.63, 3.8) is 0 Å². The second-order valence-electron chi connectivity index (χ2n) is 3.00. The summed E-state index contributed by atoms with van der Waals surface area (Å²) in [7, 11) is 0. The molecule has 2 N–H and O–H groups in total. The summed E-state index contributed by atoms with van der Waals surface area (Å²) >= 11 is 0.921. The fraction of sp³-hybridized carbons (Fsp3) is 0.375. The van der Waals surface area contributed by atoms with Gasteiger partial charge in [0.2, 0.25) is 0 Å². The normalized spacial score (nSPS) is 11.3. The monoisotopic (exact) mass is 268 g/mol. The number of aromatic carboxylic acids is 1. The van der Waals surface area contributed by atoms with E-state index >= 15 is 0 Å². The lowest BCUT2D eigenvalue weighted by Gasteiger charge is -2.05. The molecule has 0 aliphatic heterocycles. The van der Waals surface area contributed by atoms with E-state index in [1.807, 2.05) is 0 Å². The number of carboxylic acids is 1. The van der Waals surface area contributed by atoms with Gasteiger partial charge >= 0.3 is 18.1 Å². The topological polar surface area (TPSA) is 79.3 Å². The maximum Gasteiger partial charge on any atom is 0.471 e. The molecule has 1 rings (SSSR count). The second-order valence-corrected chi connectivity index (χ2v) is 4.29. The molecule has 0 aliphatic carbocycles. The van der Waals surface area contributed by atoms with Crippen molar-refractivity contribution in [2.24, 2.45) is 0 Å². The summed E-state index contributed by atoms with van der Waals surface area (Å²) in [4.78, 5) is 25.1. The first-order valence-electron chi connectivity index (χ1n) is 4.26. The summed E-state index contributed by atoms with van der Waals surface area (Å²) in [6.07, 6.45) is -4.96. The number of thiazole rings is 1. The summed E-state index contributed by atoms with van der Waals surface area (Å²) in [6.45, 7) is 1.04. The number of hydrogen-bond donors (Lipinski definition) is 2. The van der Waals surface area contributed by atoms with Gasteiger partial charge in [0.15, 0.2) is 5.69 Å². The Morgan fingerprint density at radius 2 is 2.06 bits per heavy atom. The Morgan fingerprint density at radius 1 is 1.47 bits per heavy atom. The van der Waals surface area contributed by atoms with Crippen LogP contribution in [-0.2, 0) is 11.3 Å². The maximum atomic E-state index is 11.8. The quantitative estimate of drug-likeness (QED) is 0.866. The van der Waals surface area contributed by atoms with Gasteiger partial charge in [-0.3, -0.25) is 4.79 Å². The number of alkyl halides is 3. The highest BCUT2D eigenvalue weighted by Crippen LogP contribution is 2.18. The van der Waals surface area contributed by atoms with Crippen LogP contribution in [0.3, 0.4) is 0 Å². The SMILES string of the molecule is Cc1sc(CNC(=O)C(F)(F)F)nc1C(=O)O. The number of carboxylic acid groups (broad SMARTS) is 1. The van der Waals surface area contributed by atoms with E-state index in [9.17, 15) is 22.8 Å². The van der Waals surface area contributed by atoms with E-state index < -0.39 is 24.6 Å². The molecule has 0 bridgehead atoms. The van der Waals surface area contributed by atoms with E-state index in [2.05, 4.69) is 4.98 Å². The molecule has 9 heteroatoms. The summed E-state index contributed by atoms with van der Waals surface area (Å²) < 4.78 is 35.5. The first kappa shape index (κ1) is 13.4. The third kappa shape index (κ3) is 3.41. The first-order valence-corrected chi connectivity index (χ1v) is 5.08. The van der Waals surface area contributed by atoms with Crippen LogP contribution >= 0.6 is 11.3 Å². The number of hydrogen-bond acceptors (Lipinski definition) is 4. The molecule has 0 unspecified atom stereocenters. The standard InChI is InChI=1S/C8H7F3N2O3S/c1-3-5(6(14)15)13-4(17-3)2-12-7(16)8(9,10)11/h2H2,1H3,(H,12,16)(H,14,15). The molecule has 94 valence electrons. The molecule has 0 aromatic carbocycles. The fourth-order valence-electron chi connectivity index (χ4n) is 0.981. The van der Waals surface area contributed by atoms with Crippen molar-refractivity contribution in [3.8, 4) is 0 Å². The maximum absolute atomic E-state index is 11.8. The molecule has 0 fully saturated rings. The van der Waals surface area contributed by atoms with Crippen LogP contribution in [0.25, 0.3) is 0 Å². The predicted octanol–water partition coefficient (Wildman–Crippen LogP) is 1.33. The minimum absolute atomic E-state index is 0.109. The molecule has 0 saturated carbocycles. The second kappa shape index (κ2) is 4.70. The number of halogens is 3. The van der Waals surface area contributed by atoms with E-state index in [0.29, 0.717) is 4.88 Å². The lowest BCUT2D eigenvalue weighted by atomic mass is 10.4. The number of rotatable bonds is 3. The van der Waals surface area contributed by atoms with Crippen LogP contribution in [0.2, 0.25) is 0 Å². The summed E-state index contributed by atoms with van der Waals surface area (Å²) in [5.41, 5.74) is -0.216. The van der Waals surface area contributed by atoms with Gasteiger partial charge in [0, 0.05) is 4.88 Å². The third-order valence-corrected chi connectivity index (χ3v) is 2.67. The molecule has 17 heavy (non-hydrogen) atoms. The van der Waals surface area contributed by atoms with Gasteiger partial charge in [-0.1, -0.05) is 0 Å². The Hall–Kier alpha value is -1.64. The van der Waals surface area contributed by atoms with Crippen LogP contribution < -0.4 is 5.32 Å². The Balaban J connectivity index is 2.68. The van der Waals surface area contributed by atoms with Gasteiger partial charge in [0.25, 0.3) is 0 Å². The molecule has 1 heterocycles. The predicted molar refractivity (Wildman–Crippen MR) is 51.7 cm³/mol. The number of aromatic nitrogens is 1. The molecule has 1 aromatic rings. The molecule has 5 nitrogen and oxygen atoms in total. The summed E-state index contributed by atoms with van der Waals surface area (Å²) in [6, 6.07) is 0. The van der Waals surface area contributed by atoms with Crippen LogP contribution in [0.5, 0.6) is 0 Å². The van der Waals surface area contributed by atoms with Crippen molar-refractivity contribution in [3.05, 3.63) is 15.6 Å². The molecule has 0 atom stereocenters. The molecule has 1 aromatic heterocycles. The Bertz CT molecular complexity index is 455. The number of carbonyl (C=O) groups is 2. The van der Waals surface area contributed by atoms with Gasteiger partial charge < -0.3 is 10.4 Å². The van der Waals surface area contributed by atoms with Crippen LogP contribution in [0, 0.1) is 6.92 Å². The molecule has 1 amide bonds. The number of carbonyl (C=O) groups excluding carboxylic acids is 1. The van der Waals surface area contributed by atoms with E-state index in [0.717, 1.165) is 11.3 Å². The van der Waals surface area contributed by atoms with Crippen molar-refractivity contribution in [1.29, 1.82) is 0 Å².